The van der Waals surface area contributed by atoms with Crippen LogP contribution in [0.1, 0.15) is 0 Å². The van der Waals surface area contributed by atoms with Gasteiger partial charge in [0.15, 0.2) is 0 Å². The molecule has 0 N–H and O–H groups in total. The maximum atomic E-state index is 12.8. The van der Waals surface area contributed by atoms with Crippen LogP contribution in [0.3, 0.4) is 0 Å². The van der Waals surface area contributed by atoms with Gasteiger partial charge in [-0.05, 0) is 18.2 Å². The number of fused-ring (bicyclic) bond motifs is 1. The van der Waals surface area contributed by atoms with Gasteiger partial charge >= 0.3 is 0 Å². The lowest BCUT2D eigenvalue weighted by Crippen LogP contribution is -2.56. The third-order valence-electron chi connectivity index (χ3n) is 3.95. The van der Waals surface area contributed by atoms with Crippen LogP contribution in [0.5, 0.6) is 5.88 Å². The number of para-hydroxylation sites is 1. The van der Waals surface area contributed by atoms with Gasteiger partial charge in [-0.15, -0.1) is 0 Å². The third kappa shape index (κ3) is 2.61. The smallest absolute Gasteiger partial charge is 0.245 e. The molecule has 0 bridgehead atoms. The second kappa shape index (κ2) is 5.85. The second-order valence-electron chi connectivity index (χ2n) is 5.56. The van der Waals surface area contributed by atoms with E-state index in [4.69, 9.17) is 4.74 Å². The Morgan fingerprint density at radius 3 is 2.54 bits per heavy atom. The van der Waals surface area contributed by atoms with Crippen LogP contribution in [0, 0.1) is 0 Å². The Bertz CT molecular complexity index is 965. The molecule has 2 aromatic heterocycles. The predicted octanol–water partition coefficient (Wildman–Crippen LogP) is 2.08. The fraction of sp³-hybridized carbons (Fsp3) is 0.176. The minimum Gasteiger partial charge on any atom is -0.472 e. The highest BCUT2D eigenvalue weighted by molar-refractivity contribution is 7.89. The maximum absolute atomic E-state index is 12.8. The zero-order valence-corrected chi connectivity index (χ0v) is 13.6. The molecule has 0 aliphatic carbocycles. The molecule has 7 heteroatoms. The quantitative estimate of drug-likeness (QED) is 0.726. The molecule has 1 aromatic carbocycles. The first-order valence-corrected chi connectivity index (χ1v) is 9.00. The van der Waals surface area contributed by atoms with Gasteiger partial charge in [-0.25, -0.2) is 13.4 Å². The molecule has 4 rings (SSSR count). The highest BCUT2D eigenvalue weighted by Gasteiger charge is 2.39. The van der Waals surface area contributed by atoms with E-state index in [9.17, 15) is 8.42 Å². The number of rotatable bonds is 4. The highest BCUT2D eigenvalue weighted by Crippen LogP contribution is 2.28. The van der Waals surface area contributed by atoms with Crippen LogP contribution in [0.25, 0.3) is 10.9 Å². The standard InChI is InChI=1S/C17H15N3O3S/c21-24(22,15-7-3-5-13-6-4-10-19-17(13)15)20-11-14(12-20)23-16-8-1-2-9-18-16/h1-10,14H,11-12H2. The molecule has 3 aromatic rings. The number of sulfonamides is 1. The van der Waals surface area contributed by atoms with Gasteiger partial charge in [0.1, 0.15) is 11.0 Å². The lowest BCUT2D eigenvalue weighted by atomic mass is 10.2. The van der Waals surface area contributed by atoms with Gasteiger partial charge in [0.2, 0.25) is 15.9 Å². The van der Waals surface area contributed by atoms with Crippen molar-refractivity contribution in [3.63, 3.8) is 0 Å². The largest absolute Gasteiger partial charge is 0.472 e. The van der Waals surface area contributed by atoms with Gasteiger partial charge in [0.25, 0.3) is 0 Å². The Kier molecular flexibility index (Phi) is 3.66. The van der Waals surface area contributed by atoms with Gasteiger partial charge in [0.05, 0.1) is 18.6 Å². The first-order chi connectivity index (χ1) is 11.6. The molecule has 1 fully saturated rings. The van der Waals surface area contributed by atoms with Crippen molar-refractivity contribution in [2.24, 2.45) is 0 Å². The lowest BCUT2D eigenvalue weighted by molar-refractivity contribution is 0.0721. The normalized spacial score (nSPS) is 16.0. The minimum absolute atomic E-state index is 0.183. The molecule has 1 aliphatic heterocycles. The molecule has 0 saturated carbocycles. The van der Waals surface area contributed by atoms with Crippen LogP contribution in [0.4, 0.5) is 0 Å². The fourth-order valence-electron chi connectivity index (χ4n) is 2.68. The van der Waals surface area contributed by atoms with Crippen molar-refractivity contribution < 1.29 is 13.2 Å². The summed E-state index contributed by atoms with van der Waals surface area (Å²) in [7, 11) is -3.58. The molecule has 0 amide bonds. The van der Waals surface area contributed by atoms with Crippen molar-refractivity contribution >= 4 is 20.9 Å². The van der Waals surface area contributed by atoms with Crippen LogP contribution >= 0.6 is 0 Å². The van der Waals surface area contributed by atoms with Crippen molar-refractivity contribution in [2.75, 3.05) is 13.1 Å². The topological polar surface area (TPSA) is 72.4 Å². The van der Waals surface area contributed by atoms with Crippen LogP contribution in [0.15, 0.2) is 65.8 Å². The summed E-state index contributed by atoms with van der Waals surface area (Å²) in [6, 6.07) is 14.2. The third-order valence-corrected chi connectivity index (χ3v) is 5.82. The van der Waals surface area contributed by atoms with Gasteiger partial charge in [-0.3, -0.25) is 4.98 Å². The Hall–Kier alpha value is -2.51. The van der Waals surface area contributed by atoms with E-state index in [-0.39, 0.29) is 11.0 Å². The molecule has 122 valence electrons. The Balaban J connectivity index is 1.54. The van der Waals surface area contributed by atoms with Crippen molar-refractivity contribution in [3.05, 3.63) is 60.9 Å². The Morgan fingerprint density at radius 1 is 0.958 bits per heavy atom. The summed E-state index contributed by atoms with van der Waals surface area (Å²) in [5.41, 5.74) is 0.495. The summed E-state index contributed by atoms with van der Waals surface area (Å²) in [6.07, 6.45) is 3.06. The minimum atomic E-state index is -3.58. The lowest BCUT2D eigenvalue weighted by Gasteiger charge is -2.37. The number of aromatic nitrogens is 2. The van der Waals surface area contributed by atoms with Gasteiger partial charge in [0, 0.05) is 23.8 Å². The fourth-order valence-corrected chi connectivity index (χ4v) is 4.35. The van der Waals surface area contributed by atoms with Crippen molar-refractivity contribution in [1.82, 2.24) is 14.3 Å². The molecule has 1 saturated heterocycles. The van der Waals surface area contributed by atoms with E-state index in [2.05, 4.69) is 9.97 Å². The molecule has 0 unspecified atom stereocenters. The molecule has 1 aliphatic rings. The number of hydrogen-bond acceptors (Lipinski definition) is 5. The SMILES string of the molecule is O=S(=O)(c1cccc2cccnc12)N1CC(Oc2ccccn2)C1. The highest BCUT2D eigenvalue weighted by atomic mass is 32.2. The summed E-state index contributed by atoms with van der Waals surface area (Å²) in [5, 5.41) is 0.806. The van der Waals surface area contributed by atoms with E-state index in [0.717, 1.165) is 5.39 Å². The van der Waals surface area contributed by atoms with E-state index in [0.29, 0.717) is 24.5 Å². The van der Waals surface area contributed by atoms with E-state index >= 15 is 0 Å². The summed E-state index contributed by atoms with van der Waals surface area (Å²) in [6.45, 7) is 0.615. The van der Waals surface area contributed by atoms with Crippen molar-refractivity contribution in [3.8, 4) is 5.88 Å². The first-order valence-electron chi connectivity index (χ1n) is 7.56. The number of nitrogens with zero attached hydrogens (tertiary/aromatic N) is 3. The molecule has 24 heavy (non-hydrogen) atoms. The van der Waals surface area contributed by atoms with Crippen LogP contribution < -0.4 is 4.74 Å². The maximum Gasteiger partial charge on any atom is 0.245 e. The molecular formula is C17H15N3O3S. The number of pyridine rings is 2. The predicted molar refractivity (Wildman–Crippen MR) is 89.2 cm³/mol. The van der Waals surface area contributed by atoms with Crippen molar-refractivity contribution in [2.45, 2.75) is 11.0 Å². The summed E-state index contributed by atoms with van der Waals surface area (Å²) >= 11 is 0. The molecule has 6 nitrogen and oxygen atoms in total. The van der Waals surface area contributed by atoms with Gasteiger partial charge in [-0.2, -0.15) is 4.31 Å². The number of ether oxygens (including phenoxy) is 1. The van der Waals surface area contributed by atoms with Crippen LogP contribution in [-0.2, 0) is 10.0 Å². The number of hydrogen-bond donors (Lipinski definition) is 0. The van der Waals surface area contributed by atoms with E-state index in [1.54, 1.807) is 42.7 Å². The molecule has 0 spiro atoms. The zero-order chi connectivity index (χ0) is 16.6. The molecule has 3 heterocycles. The molecular weight excluding hydrogens is 326 g/mol. The van der Waals surface area contributed by atoms with Gasteiger partial charge in [-0.1, -0.05) is 24.3 Å². The average Bonchev–Trinajstić information content (AvgIpc) is 2.58. The Labute approximate surface area is 139 Å². The van der Waals surface area contributed by atoms with Crippen LogP contribution in [-0.4, -0.2) is 41.9 Å². The van der Waals surface area contributed by atoms with E-state index in [1.165, 1.54) is 4.31 Å². The first kappa shape index (κ1) is 15.0. The van der Waals surface area contributed by atoms with Crippen LogP contribution in [0.2, 0.25) is 0 Å². The van der Waals surface area contributed by atoms with E-state index < -0.39 is 10.0 Å². The van der Waals surface area contributed by atoms with Gasteiger partial charge < -0.3 is 4.74 Å². The van der Waals surface area contributed by atoms with Crippen molar-refractivity contribution in [1.29, 1.82) is 0 Å². The second-order valence-corrected chi connectivity index (χ2v) is 7.47. The average molecular weight is 341 g/mol. The molecule has 0 radical (unpaired) electrons. The van der Waals surface area contributed by atoms with E-state index in [1.807, 2.05) is 18.2 Å². The molecule has 0 atom stereocenters. The monoisotopic (exact) mass is 341 g/mol. The number of benzene rings is 1. The summed E-state index contributed by atoms with van der Waals surface area (Å²) in [4.78, 5) is 8.55. The zero-order valence-electron chi connectivity index (χ0n) is 12.7. The summed E-state index contributed by atoms with van der Waals surface area (Å²) < 4.78 is 32.8. The Morgan fingerprint density at radius 2 is 1.75 bits per heavy atom. The summed E-state index contributed by atoms with van der Waals surface area (Å²) in [5.74, 6) is 0.506.